The highest BCUT2D eigenvalue weighted by Gasteiger charge is 2.49. The Morgan fingerprint density at radius 1 is 1.13 bits per heavy atom. The van der Waals surface area contributed by atoms with Crippen molar-refractivity contribution < 1.29 is 23.9 Å². The second kappa shape index (κ2) is 8.37. The van der Waals surface area contributed by atoms with Gasteiger partial charge in [-0.25, -0.2) is 9.59 Å². The summed E-state index contributed by atoms with van der Waals surface area (Å²) in [4.78, 5) is 55.1. The van der Waals surface area contributed by atoms with E-state index in [0.717, 1.165) is 0 Å². The molecule has 2 fully saturated rings. The predicted octanol–water partition coefficient (Wildman–Crippen LogP) is 0.679. The van der Waals surface area contributed by atoms with Crippen molar-refractivity contribution in [2.24, 2.45) is 5.10 Å². The van der Waals surface area contributed by atoms with Gasteiger partial charge in [-0.15, -0.1) is 0 Å². The summed E-state index contributed by atoms with van der Waals surface area (Å²) in [5, 5.41) is 5.92. The highest BCUT2D eigenvalue weighted by atomic mass is 16.5. The number of urea groups is 1. The first-order valence-electron chi connectivity index (χ1n) is 10.5. The molecule has 2 saturated heterocycles. The zero-order chi connectivity index (χ0) is 22.1. The van der Waals surface area contributed by atoms with Crippen LogP contribution >= 0.6 is 0 Å². The van der Waals surface area contributed by atoms with Gasteiger partial charge in [-0.2, -0.15) is 5.10 Å². The Hall–Kier alpha value is -3.43. The molecule has 1 aromatic rings. The van der Waals surface area contributed by atoms with Gasteiger partial charge < -0.3 is 14.5 Å². The number of fused-ring (bicyclic) bond motifs is 1. The minimum absolute atomic E-state index is 0.116. The first-order chi connectivity index (χ1) is 15.0. The van der Waals surface area contributed by atoms with Gasteiger partial charge in [-0.05, 0) is 26.0 Å². The number of hydrogen-bond acceptors (Lipinski definition) is 7. The monoisotopic (exact) mass is 427 g/mol. The molecule has 0 spiro atoms. The van der Waals surface area contributed by atoms with E-state index in [4.69, 9.17) is 4.74 Å². The summed E-state index contributed by atoms with van der Waals surface area (Å²) in [5.41, 5.74) is 0.870. The predicted molar refractivity (Wildman–Crippen MR) is 111 cm³/mol. The smallest absolute Gasteiger partial charge is 0.354 e. The number of hydrazone groups is 1. The number of hydrogen-bond donors (Lipinski definition) is 0. The molecule has 3 heterocycles. The Balaban J connectivity index is 1.55. The van der Waals surface area contributed by atoms with Gasteiger partial charge in [-0.3, -0.25) is 19.5 Å². The summed E-state index contributed by atoms with van der Waals surface area (Å²) in [7, 11) is 0. The van der Waals surface area contributed by atoms with Crippen molar-refractivity contribution in [3.8, 4) is 0 Å². The van der Waals surface area contributed by atoms with Crippen LogP contribution in [0.4, 0.5) is 10.5 Å². The number of carbonyl (C=O) groups excluding carboxylic acids is 4. The number of nitrogens with zero attached hydrogens (tertiary/aromatic N) is 5. The molecule has 164 valence electrons. The van der Waals surface area contributed by atoms with E-state index in [-0.39, 0.29) is 43.1 Å². The molecule has 0 aromatic heterocycles. The summed E-state index contributed by atoms with van der Waals surface area (Å²) in [6.45, 7) is 4.73. The van der Waals surface area contributed by atoms with E-state index in [1.807, 2.05) is 30.3 Å². The quantitative estimate of drug-likeness (QED) is 0.506. The van der Waals surface area contributed by atoms with Gasteiger partial charge in [-0.1, -0.05) is 18.2 Å². The minimum Gasteiger partial charge on any atom is -0.461 e. The maximum Gasteiger partial charge on any atom is 0.354 e. The Kier molecular flexibility index (Phi) is 5.62. The molecular weight excluding hydrogens is 402 g/mol. The Morgan fingerprint density at radius 3 is 2.55 bits per heavy atom. The normalized spacial score (nSPS) is 23.2. The Labute approximate surface area is 180 Å². The number of ether oxygens (including phenoxy) is 1. The molecule has 31 heavy (non-hydrogen) atoms. The van der Waals surface area contributed by atoms with Crippen molar-refractivity contribution in [3.05, 3.63) is 30.3 Å². The van der Waals surface area contributed by atoms with Crippen LogP contribution in [0.2, 0.25) is 0 Å². The van der Waals surface area contributed by atoms with Crippen molar-refractivity contribution in [2.45, 2.75) is 32.4 Å². The molecule has 0 N–H and O–H groups in total. The highest BCUT2D eigenvalue weighted by molar-refractivity contribution is 6.38. The maximum absolute atomic E-state index is 13.5. The average molecular weight is 427 g/mol. The lowest BCUT2D eigenvalue weighted by Gasteiger charge is -2.37. The van der Waals surface area contributed by atoms with Gasteiger partial charge in [0, 0.05) is 26.1 Å². The molecule has 0 saturated carbocycles. The molecule has 0 unspecified atom stereocenters. The van der Waals surface area contributed by atoms with Crippen LogP contribution in [0.15, 0.2) is 35.4 Å². The van der Waals surface area contributed by atoms with Crippen molar-refractivity contribution >= 4 is 35.2 Å². The van der Waals surface area contributed by atoms with Crippen LogP contribution in [-0.2, 0) is 19.1 Å². The zero-order valence-corrected chi connectivity index (χ0v) is 17.6. The van der Waals surface area contributed by atoms with Crippen LogP contribution in [0.3, 0.4) is 0 Å². The molecule has 4 rings (SSSR count). The van der Waals surface area contributed by atoms with Crippen molar-refractivity contribution in [2.75, 3.05) is 37.8 Å². The van der Waals surface area contributed by atoms with Crippen molar-refractivity contribution in [1.29, 1.82) is 0 Å². The molecule has 0 aliphatic carbocycles. The van der Waals surface area contributed by atoms with E-state index in [1.165, 1.54) is 9.80 Å². The number of likely N-dealkylation sites (N-methyl/N-ethyl adjacent to an activating group) is 1. The van der Waals surface area contributed by atoms with E-state index < -0.39 is 18.1 Å². The lowest BCUT2D eigenvalue weighted by molar-refractivity contribution is -0.137. The van der Waals surface area contributed by atoms with E-state index in [0.29, 0.717) is 25.3 Å². The molecule has 10 heteroatoms. The third kappa shape index (κ3) is 3.62. The fraction of sp³-hybridized carbons (Fsp3) is 0.476. The summed E-state index contributed by atoms with van der Waals surface area (Å²) in [6, 6.07) is 7.45. The van der Waals surface area contributed by atoms with Crippen LogP contribution in [0.25, 0.3) is 0 Å². The molecule has 4 amide bonds. The SMILES string of the molecule is CCOC(=O)C1=NN(c2ccccc2)[C@H](C(=O)N2CCN3C(=O)N(CC)C(=O)[C@@H]3C2)C1. The second-order valence-corrected chi connectivity index (χ2v) is 7.53. The summed E-state index contributed by atoms with van der Waals surface area (Å²) >= 11 is 0. The van der Waals surface area contributed by atoms with Gasteiger partial charge in [0.25, 0.3) is 5.91 Å². The molecule has 3 aliphatic rings. The number of esters is 1. The van der Waals surface area contributed by atoms with Gasteiger partial charge in [0.05, 0.1) is 18.8 Å². The van der Waals surface area contributed by atoms with Crippen LogP contribution in [0.1, 0.15) is 20.3 Å². The summed E-state index contributed by atoms with van der Waals surface area (Å²) < 4.78 is 5.07. The van der Waals surface area contributed by atoms with Gasteiger partial charge >= 0.3 is 12.0 Å². The van der Waals surface area contributed by atoms with Crippen LogP contribution in [0, 0.1) is 0 Å². The molecule has 3 aliphatic heterocycles. The fourth-order valence-corrected chi connectivity index (χ4v) is 4.21. The third-order valence-electron chi connectivity index (χ3n) is 5.76. The fourth-order valence-electron chi connectivity index (χ4n) is 4.21. The van der Waals surface area contributed by atoms with Crippen molar-refractivity contribution in [1.82, 2.24) is 14.7 Å². The average Bonchev–Trinajstić information content (AvgIpc) is 3.34. The Bertz CT molecular complexity index is 933. The summed E-state index contributed by atoms with van der Waals surface area (Å²) in [5.74, 6) is -1.06. The summed E-state index contributed by atoms with van der Waals surface area (Å²) in [6.07, 6.45) is 0.116. The molecule has 2 atom stereocenters. The number of imide groups is 1. The topological polar surface area (TPSA) is 103 Å². The number of para-hydroxylation sites is 1. The van der Waals surface area contributed by atoms with Gasteiger partial charge in [0.2, 0.25) is 5.91 Å². The van der Waals surface area contributed by atoms with Crippen molar-refractivity contribution in [3.63, 3.8) is 0 Å². The second-order valence-electron chi connectivity index (χ2n) is 7.53. The first kappa shape index (κ1) is 20.8. The highest BCUT2D eigenvalue weighted by Crippen LogP contribution is 2.28. The minimum atomic E-state index is -0.720. The number of benzene rings is 1. The molecule has 0 bridgehead atoms. The van der Waals surface area contributed by atoms with Crippen LogP contribution in [-0.4, -0.2) is 89.1 Å². The van der Waals surface area contributed by atoms with Crippen LogP contribution in [0.5, 0.6) is 0 Å². The lowest BCUT2D eigenvalue weighted by atomic mass is 10.1. The first-order valence-corrected chi connectivity index (χ1v) is 10.5. The lowest BCUT2D eigenvalue weighted by Crippen LogP contribution is -2.57. The zero-order valence-electron chi connectivity index (χ0n) is 17.6. The maximum atomic E-state index is 13.5. The molecule has 1 aromatic carbocycles. The largest absolute Gasteiger partial charge is 0.461 e. The number of carbonyl (C=O) groups is 4. The number of amides is 4. The van der Waals surface area contributed by atoms with E-state index >= 15 is 0 Å². The molecule has 10 nitrogen and oxygen atoms in total. The molecule has 0 radical (unpaired) electrons. The number of anilines is 1. The third-order valence-corrected chi connectivity index (χ3v) is 5.76. The van der Waals surface area contributed by atoms with E-state index in [1.54, 1.807) is 23.8 Å². The standard InChI is InChI=1S/C21H25N5O5/c1-3-24-19(28)17-13-23(10-11-25(17)21(24)30)18(27)16-12-15(20(29)31-4-2)22-26(16)14-8-6-5-7-9-14/h5-9,16-17H,3-4,10-13H2,1-2H3/t16-,17-/m0/s1. The van der Waals surface area contributed by atoms with Gasteiger partial charge in [0.15, 0.2) is 0 Å². The number of piperazine rings is 1. The van der Waals surface area contributed by atoms with Crippen LogP contribution < -0.4 is 5.01 Å². The van der Waals surface area contributed by atoms with E-state index in [2.05, 4.69) is 5.10 Å². The number of rotatable bonds is 5. The molecular formula is C21H25N5O5. The van der Waals surface area contributed by atoms with E-state index in [9.17, 15) is 19.2 Å². The van der Waals surface area contributed by atoms with Gasteiger partial charge in [0.1, 0.15) is 17.8 Å². The Morgan fingerprint density at radius 2 is 1.87 bits per heavy atom.